The molecule has 332 valence electrons. The van der Waals surface area contributed by atoms with Gasteiger partial charge in [-0.05, 0) is 87.1 Å². The van der Waals surface area contributed by atoms with Crippen LogP contribution in [0.25, 0.3) is 22.5 Å². The number of phenols is 1. The second-order valence-electron chi connectivity index (χ2n) is 14.5. The summed E-state index contributed by atoms with van der Waals surface area (Å²) in [4.78, 5) is 65.3. The molecule has 2 aromatic carbocycles. The van der Waals surface area contributed by atoms with Crippen LogP contribution < -0.4 is 4.74 Å². The van der Waals surface area contributed by atoms with E-state index in [0.717, 1.165) is 59.4 Å². The molecule has 0 atom stereocenters. The quantitative estimate of drug-likeness (QED) is 0.181. The van der Waals surface area contributed by atoms with Crippen molar-refractivity contribution in [1.29, 1.82) is 0 Å². The lowest BCUT2D eigenvalue weighted by Crippen LogP contribution is -2.48. The number of carbonyl (C=O) groups excluding carboxylic acids is 4. The molecule has 2 aliphatic rings. The Labute approximate surface area is 387 Å². The van der Waals surface area contributed by atoms with Crippen molar-refractivity contribution < 1.29 is 30.4 Å². The minimum absolute atomic E-state index is 0.107. The van der Waals surface area contributed by atoms with Crippen LogP contribution in [0.1, 0.15) is 78.7 Å². The van der Waals surface area contributed by atoms with Crippen molar-refractivity contribution in [2.24, 2.45) is 0 Å². The minimum Gasteiger partial charge on any atom is -0.508 e. The maximum atomic E-state index is 12.9. The number of amides is 4. The average molecular weight is 1040 g/mol. The first-order valence-electron chi connectivity index (χ1n) is 21.0. The van der Waals surface area contributed by atoms with Crippen LogP contribution >= 0.6 is 47.3 Å². The number of aromatic hydroxyl groups is 1. The summed E-state index contributed by atoms with van der Waals surface area (Å²) >= 11 is 9.31. The third-order valence-corrected chi connectivity index (χ3v) is 10.7. The van der Waals surface area contributed by atoms with Crippen LogP contribution in [0.15, 0.2) is 61.4 Å². The average Bonchev–Trinajstić information content (AvgIpc) is 3.98. The monoisotopic (exact) mass is 1030 g/mol. The van der Waals surface area contributed by atoms with Crippen molar-refractivity contribution in [3.8, 4) is 34.0 Å². The number of phenolic OH excluding ortho intramolecular Hbond substituents is 1. The molecule has 2 saturated heterocycles. The summed E-state index contributed by atoms with van der Waals surface area (Å²) in [7, 11) is 5.27. The number of imidazole rings is 2. The van der Waals surface area contributed by atoms with Gasteiger partial charge in [-0.1, -0.05) is 27.7 Å². The van der Waals surface area contributed by atoms with E-state index in [1.54, 1.807) is 61.7 Å². The largest absolute Gasteiger partial charge is 0.508 e. The van der Waals surface area contributed by atoms with Gasteiger partial charge in [-0.25, -0.2) is 19.6 Å². The number of carbonyl (C=O) groups is 4. The van der Waals surface area contributed by atoms with E-state index in [4.69, 9.17) is 6.11 Å². The molecule has 4 heterocycles. The molecule has 0 spiro atoms. The number of likely N-dealkylation sites (tertiary alicyclic amines) is 2. The van der Waals surface area contributed by atoms with E-state index in [-0.39, 0.29) is 44.9 Å². The van der Waals surface area contributed by atoms with Gasteiger partial charge in [0.1, 0.15) is 24.2 Å². The summed E-state index contributed by atoms with van der Waals surface area (Å²) in [5.41, 5.74) is 5.01. The zero-order valence-corrected chi connectivity index (χ0v) is 41.2. The van der Waals surface area contributed by atoms with E-state index < -0.39 is 0 Å². The number of hydrogen-bond donors (Lipinski definition) is 1. The summed E-state index contributed by atoms with van der Waals surface area (Å²) in [5, 5.41) is 9.66. The molecule has 4 aromatic rings. The van der Waals surface area contributed by atoms with Crippen LogP contribution in [0.4, 0.5) is 9.59 Å². The van der Waals surface area contributed by atoms with E-state index in [0.29, 0.717) is 51.6 Å². The Morgan fingerprint density at radius 3 is 1.49 bits per heavy atom. The Bertz CT molecular complexity index is 2070. The number of methoxy groups -OCH3 is 1. The van der Waals surface area contributed by atoms with Crippen molar-refractivity contribution in [1.82, 2.24) is 38.7 Å². The van der Waals surface area contributed by atoms with Crippen LogP contribution in [-0.2, 0) is 9.59 Å². The molecule has 1 N–H and O–H groups in total. The molecular formula is C43H60BBr3N8O6. The fraction of sp³-hybridized carbons (Fsp3) is 0.488. The third kappa shape index (κ3) is 14.5. The lowest BCUT2D eigenvalue weighted by Gasteiger charge is -2.36. The topological polar surface area (TPSA) is 146 Å². The van der Waals surface area contributed by atoms with Gasteiger partial charge in [0.15, 0.2) is 0 Å². The normalized spacial score (nSPS) is 14.2. The lowest BCUT2D eigenvalue weighted by molar-refractivity contribution is -0.133. The number of piperidine rings is 2. The van der Waals surface area contributed by atoms with Crippen molar-refractivity contribution in [3.63, 3.8) is 0 Å². The summed E-state index contributed by atoms with van der Waals surface area (Å²) in [6.07, 6.45) is 10.8. The molecule has 0 bridgehead atoms. The molecule has 0 saturated carbocycles. The highest BCUT2D eigenvalue weighted by atomic mass is 79.9. The standard InChI is InChI=1S/C21H28N4O3.C20H26N4O3.C2H6.BBr3/c1-5-20(26)24-10-8-17(9-11-24)23(3)21(27)25-13-18(22-14-25)16-6-7-19(28-4)15(2)12-16;1-4-19(26)23-9-7-16(8-10-23)22(3)20(27)24-12-17(21-13-24)15-5-6-18(25)14(2)11-15;1-2;2-1(3)4/h6-7,12-14,17H,5,8-11H2,1-4H3;5-6,11-13,16,25H,4,7-10H2,1-3H3;1-2H3;/i;;1D;. The number of rotatable bonds is 7. The van der Waals surface area contributed by atoms with Crippen LogP contribution in [0, 0.1) is 13.8 Å². The summed E-state index contributed by atoms with van der Waals surface area (Å²) in [5.74, 6) is 1.42. The SMILES string of the molecule is BrB(Br)Br.CCC(=O)N1CCC(N(C)C(=O)n2cnc(-c3ccc(O)c(C)c3)c2)CC1.CCC(=O)N1CCC(N(C)C(=O)n2cnc(-c3ccc(OC)c(C)c3)c2)CC1.[2H]CC. The molecule has 0 unspecified atom stereocenters. The Kier molecular flexibility index (Phi) is 20.3. The first-order chi connectivity index (χ1) is 29.5. The predicted molar refractivity (Wildman–Crippen MR) is 254 cm³/mol. The van der Waals surface area contributed by atoms with Gasteiger partial charge in [-0.3, -0.25) is 18.7 Å². The first-order valence-corrected chi connectivity index (χ1v) is 23.1. The number of benzene rings is 2. The van der Waals surface area contributed by atoms with Gasteiger partial charge in [-0.2, -0.15) is 0 Å². The smallest absolute Gasteiger partial charge is 0.369 e. The highest BCUT2D eigenvalue weighted by Crippen LogP contribution is 2.27. The van der Waals surface area contributed by atoms with E-state index in [9.17, 15) is 24.3 Å². The van der Waals surface area contributed by atoms with E-state index in [2.05, 4.69) is 57.2 Å². The molecule has 18 heteroatoms. The van der Waals surface area contributed by atoms with Gasteiger partial charge >= 0.3 is 15.2 Å². The van der Waals surface area contributed by atoms with Gasteiger partial charge in [0, 0.05) is 90.1 Å². The molecule has 4 amide bonds. The predicted octanol–water partition coefficient (Wildman–Crippen LogP) is 9.22. The molecule has 61 heavy (non-hydrogen) atoms. The second-order valence-corrected chi connectivity index (χ2v) is 20.9. The zero-order chi connectivity index (χ0) is 46.1. The highest BCUT2D eigenvalue weighted by Gasteiger charge is 2.29. The number of halogens is 3. The van der Waals surface area contributed by atoms with Gasteiger partial charge in [0.05, 0.1) is 18.5 Å². The maximum Gasteiger partial charge on any atom is 0.369 e. The third-order valence-electron chi connectivity index (χ3n) is 10.7. The van der Waals surface area contributed by atoms with Crippen molar-refractivity contribution in [2.75, 3.05) is 47.4 Å². The van der Waals surface area contributed by atoms with Crippen molar-refractivity contribution in [2.45, 2.75) is 92.1 Å². The molecule has 2 fully saturated rings. The van der Waals surface area contributed by atoms with Gasteiger partial charge < -0.3 is 29.4 Å². The number of nitrogens with zero attached hydrogens (tertiary/aromatic N) is 8. The van der Waals surface area contributed by atoms with E-state index in [1.165, 1.54) is 15.5 Å². The first kappa shape index (κ1) is 49.5. The van der Waals surface area contributed by atoms with Crippen LogP contribution in [0.3, 0.4) is 0 Å². The molecular weight excluding hydrogens is 975 g/mol. The Hall–Kier alpha value is -4.16. The second kappa shape index (κ2) is 25.1. The highest BCUT2D eigenvalue weighted by molar-refractivity contribution is 9.69. The van der Waals surface area contributed by atoms with Crippen molar-refractivity contribution >= 4 is 74.3 Å². The molecule has 6 rings (SSSR count). The molecule has 14 nitrogen and oxygen atoms in total. The van der Waals surface area contributed by atoms with Crippen molar-refractivity contribution in [3.05, 3.63) is 72.6 Å². The summed E-state index contributed by atoms with van der Waals surface area (Å²) < 4.78 is 14.8. The lowest BCUT2D eigenvalue weighted by atomic mass is 10.0. The Morgan fingerprint density at radius 1 is 0.770 bits per heavy atom. The maximum absolute atomic E-state index is 12.9. The Balaban J connectivity index is 0.000000287. The zero-order valence-electron chi connectivity index (χ0n) is 37.5. The van der Waals surface area contributed by atoms with E-state index in [1.807, 2.05) is 68.8 Å². The Morgan fingerprint density at radius 2 is 1.15 bits per heavy atom. The number of aryl methyl sites for hydroxylation is 2. The molecule has 0 aliphatic carbocycles. The van der Waals surface area contributed by atoms with Gasteiger partial charge in [-0.15, -0.1) is 47.3 Å². The van der Waals surface area contributed by atoms with Crippen LogP contribution in [-0.4, -0.2) is 130 Å². The van der Waals surface area contributed by atoms with Crippen LogP contribution in [0.5, 0.6) is 11.5 Å². The molecule has 0 radical (unpaired) electrons. The fourth-order valence-corrected chi connectivity index (χ4v) is 7.13. The fourth-order valence-electron chi connectivity index (χ4n) is 7.13. The number of hydrogen-bond acceptors (Lipinski definition) is 8. The minimum atomic E-state index is -0.135. The van der Waals surface area contributed by atoms with Crippen LogP contribution in [0.2, 0.25) is 0 Å². The number of aromatic nitrogens is 4. The van der Waals surface area contributed by atoms with Gasteiger partial charge in [0.2, 0.25) is 11.8 Å². The van der Waals surface area contributed by atoms with E-state index >= 15 is 0 Å². The number of ether oxygens (including phenoxy) is 1. The van der Waals surface area contributed by atoms with Gasteiger partial charge in [0.25, 0.3) is 0 Å². The summed E-state index contributed by atoms with van der Waals surface area (Å²) in [6.45, 7) is 12.6. The summed E-state index contributed by atoms with van der Waals surface area (Å²) in [6, 6.07) is 11.1. The molecule has 2 aliphatic heterocycles. The molecule has 2 aromatic heterocycles.